The van der Waals surface area contributed by atoms with E-state index in [1.165, 1.54) is 11.3 Å². The van der Waals surface area contributed by atoms with Crippen molar-refractivity contribution in [2.24, 2.45) is 0 Å². The zero-order valence-electron chi connectivity index (χ0n) is 11.1. The van der Waals surface area contributed by atoms with E-state index >= 15 is 0 Å². The number of carbonyl (C=O) groups is 1. The number of nitrogens with zero attached hydrogens (tertiary/aromatic N) is 1. The molecule has 0 saturated carbocycles. The van der Waals surface area contributed by atoms with Crippen molar-refractivity contribution in [3.05, 3.63) is 34.7 Å². The molecule has 0 radical (unpaired) electrons. The van der Waals surface area contributed by atoms with Crippen LogP contribution in [0.15, 0.2) is 29.6 Å². The van der Waals surface area contributed by atoms with Crippen LogP contribution >= 0.6 is 22.9 Å². The number of hydrogen-bond donors (Lipinski definition) is 1. The molecule has 0 fully saturated rings. The third kappa shape index (κ3) is 3.95. The van der Waals surface area contributed by atoms with Crippen molar-refractivity contribution in [3.8, 4) is 11.3 Å². The maximum Gasteiger partial charge on any atom is 0.413 e. The lowest BCUT2D eigenvalue weighted by Crippen LogP contribution is -2.14. The second kappa shape index (κ2) is 7.26. The molecule has 1 amide bonds. The van der Waals surface area contributed by atoms with Crippen molar-refractivity contribution in [1.82, 2.24) is 4.98 Å². The van der Waals surface area contributed by atoms with Gasteiger partial charge in [0.2, 0.25) is 0 Å². The van der Waals surface area contributed by atoms with Crippen molar-refractivity contribution >= 4 is 34.2 Å². The fourth-order valence-electron chi connectivity index (χ4n) is 1.56. The second-order valence-corrected chi connectivity index (χ2v) is 5.40. The lowest BCUT2D eigenvalue weighted by atomic mass is 10.2. The predicted octanol–water partition coefficient (Wildman–Crippen LogP) is 4.81. The van der Waals surface area contributed by atoms with Crippen LogP contribution in [0.4, 0.5) is 9.93 Å². The first-order valence-electron chi connectivity index (χ1n) is 6.35. The Hall–Kier alpha value is -1.59. The largest absolute Gasteiger partial charge is 0.449 e. The smallest absolute Gasteiger partial charge is 0.413 e. The number of amides is 1. The van der Waals surface area contributed by atoms with E-state index in [0.717, 1.165) is 24.1 Å². The summed E-state index contributed by atoms with van der Waals surface area (Å²) in [5.41, 5.74) is 1.59. The van der Waals surface area contributed by atoms with Gasteiger partial charge in [0.05, 0.1) is 12.3 Å². The van der Waals surface area contributed by atoms with Gasteiger partial charge in [-0.2, -0.15) is 0 Å². The molecule has 0 bridgehead atoms. The molecular formula is C14H15ClN2O2S. The third-order valence-electron chi connectivity index (χ3n) is 2.59. The molecule has 6 heteroatoms. The van der Waals surface area contributed by atoms with Crippen LogP contribution in [0.2, 0.25) is 5.02 Å². The summed E-state index contributed by atoms with van der Waals surface area (Å²) < 4.78 is 5.02. The Bertz CT molecular complexity index is 586. The number of nitrogens with one attached hydrogen (secondary N) is 1. The second-order valence-electron chi connectivity index (χ2n) is 4.13. The quantitative estimate of drug-likeness (QED) is 0.806. The average Bonchev–Trinajstić information content (AvgIpc) is 2.88. The molecule has 0 unspecified atom stereocenters. The Morgan fingerprint density at radius 2 is 2.25 bits per heavy atom. The van der Waals surface area contributed by atoms with Crippen molar-refractivity contribution in [2.45, 2.75) is 19.8 Å². The number of thiazole rings is 1. The lowest BCUT2D eigenvalue weighted by molar-refractivity contribution is 0.160. The molecule has 1 aromatic carbocycles. The number of ether oxygens (including phenoxy) is 1. The molecule has 4 nitrogen and oxygen atoms in total. The summed E-state index contributed by atoms with van der Waals surface area (Å²) in [4.78, 5) is 15.8. The first-order chi connectivity index (χ1) is 9.70. The van der Waals surface area contributed by atoms with Crippen LogP contribution in [0.5, 0.6) is 0 Å². The highest BCUT2D eigenvalue weighted by Gasteiger charge is 2.10. The van der Waals surface area contributed by atoms with Gasteiger partial charge in [-0.25, -0.2) is 9.78 Å². The van der Waals surface area contributed by atoms with E-state index in [1.807, 2.05) is 36.6 Å². The van der Waals surface area contributed by atoms with E-state index in [1.54, 1.807) is 0 Å². The minimum Gasteiger partial charge on any atom is -0.449 e. The van der Waals surface area contributed by atoms with Gasteiger partial charge in [-0.05, 0) is 12.5 Å². The summed E-state index contributed by atoms with van der Waals surface area (Å²) in [6, 6.07) is 7.46. The van der Waals surface area contributed by atoms with Crippen LogP contribution in [0.25, 0.3) is 11.3 Å². The number of unbranched alkanes of at least 4 members (excludes halogenated alkanes) is 1. The fraction of sp³-hybridized carbons (Fsp3) is 0.286. The third-order valence-corrected chi connectivity index (χ3v) is 3.68. The molecular weight excluding hydrogens is 296 g/mol. The zero-order chi connectivity index (χ0) is 14.4. The van der Waals surface area contributed by atoms with Gasteiger partial charge in [-0.1, -0.05) is 43.1 Å². The summed E-state index contributed by atoms with van der Waals surface area (Å²) in [5.74, 6) is 0. The number of carbonyl (C=O) groups excluding carboxylic acids is 1. The summed E-state index contributed by atoms with van der Waals surface area (Å²) in [6.07, 6.45) is 1.37. The molecule has 0 aliphatic heterocycles. The Morgan fingerprint density at radius 1 is 1.45 bits per heavy atom. The van der Waals surface area contributed by atoms with Gasteiger partial charge in [0.25, 0.3) is 0 Å². The van der Waals surface area contributed by atoms with E-state index in [0.29, 0.717) is 16.8 Å². The fourth-order valence-corrected chi connectivity index (χ4v) is 2.49. The highest BCUT2D eigenvalue weighted by Crippen LogP contribution is 2.30. The zero-order valence-corrected chi connectivity index (χ0v) is 12.6. The van der Waals surface area contributed by atoms with Crippen LogP contribution < -0.4 is 5.32 Å². The Balaban J connectivity index is 1.99. The number of benzene rings is 1. The molecule has 0 aliphatic carbocycles. The topological polar surface area (TPSA) is 51.2 Å². The van der Waals surface area contributed by atoms with Crippen molar-refractivity contribution in [1.29, 1.82) is 0 Å². The number of rotatable bonds is 5. The van der Waals surface area contributed by atoms with E-state index in [4.69, 9.17) is 16.3 Å². The maximum atomic E-state index is 11.5. The van der Waals surface area contributed by atoms with Crippen LogP contribution in [0.3, 0.4) is 0 Å². The van der Waals surface area contributed by atoms with E-state index in [9.17, 15) is 4.79 Å². The Kier molecular flexibility index (Phi) is 5.38. The van der Waals surface area contributed by atoms with Gasteiger partial charge in [0.1, 0.15) is 0 Å². The van der Waals surface area contributed by atoms with E-state index < -0.39 is 6.09 Å². The van der Waals surface area contributed by atoms with Gasteiger partial charge >= 0.3 is 6.09 Å². The molecule has 1 heterocycles. The molecule has 106 valence electrons. The molecule has 2 rings (SSSR count). The van der Waals surface area contributed by atoms with Crippen molar-refractivity contribution < 1.29 is 9.53 Å². The standard InChI is InChI=1S/C14H15ClN2O2S/c1-2-3-8-19-14(18)17-13-16-12(9-20-13)10-6-4-5-7-11(10)15/h4-7,9H,2-3,8H2,1H3,(H,16,17,18). The molecule has 0 spiro atoms. The number of halogens is 1. The number of aromatic nitrogens is 1. The monoisotopic (exact) mass is 310 g/mol. The van der Waals surface area contributed by atoms with E-state index in [2.05, 4.69) is 10.3 Å². The molecule has 1 N–H and O–H groups in total. The van der Waals surface area contributed by atoms with Crippen molar-refractivity contribution in [3.63, 3.8) is 0 Å². The first kappa shape index (κ1) is 14.8. The maximum absolute atomic E-state index is 11.5. The first-order valence-corrected chi connectivity index (χ1v) is 7.60. The molecule has 20 heavy (non-hydrogen) atoms. The summed E-state index contributed by atoms with van der Waals surface area (Å²) in [7, 11) is 0. The summed E-state index contributed by atoms with van der Waals surface area (Å²) in [5, 5.41) is 5.60. The molecule has 1 aromatic heterocycles. The van der Waals surface area contributed by atoms with Crippen LogP contribution in [-0.4, -0.2) is 17.7 Å². The highest BCUT2D eigenvalue weighted by atomic mass is 35.5. The van der Waals surface area contributed by atoms with Crippen molar-refractivity contribution in [2.75, 3.05) is 11.9 Å². The molecule has 0 atom stereocenters. The van der Waals surface area contributed by atoms with Crippen LogP contribution in [-0.2, 0) is 4.74 Å². The Labute approximate surface area is 126 Å². The summed E-state index contributed by atoms with van der Waals surface area (Å²) >= 11 is 7.45. The van der Waals surface area contributed by atoms with Gasteiger partial charge in [0, 0.05) is 16.0 Å². The van der Waals surface area contributed by atoms with Gasteiger partial charge in [0.15, 0.2) is 5.13 Å². The molecule has 2 aromatic rings. The van der Waals surface area contributed by atoms with Crippen LogP contribution in [0, 0.1) is 0 Å². The number of anilines is 1. The Morgan fingerprint density at radius 3 is 3.00 bits per heavy atom. The van der Waals surface area contributed by atoms with Gasteiger partial charge in [-0.3, -0.25) is 5.32 Å². The SMILES string of the molecule is CCCCOC(=O)Nc1nc(-c2ccccc2Cl)cs1. The minimum atomic E-state index is -0.474. The minimum absolute atomic E-state index is 0.422. The number of hydrogen-bond acceptors (Lipinski definition) is 4. The van der Waals surface area contributed by atoms with Gasteiger partial charge < -0.3 is 4.74 Å². The van der Waals surface area contributed by atoms with Crippen LogP contribution in [0.1, 0.15) is 19.8 Å². The molecule has 0 saturated heterocycles. The normalized spacial score (nSPS) is 10.3. The highest BCUT2D eigenvalue weighted by molar-refractivity contribution is 7.14. The average molecular weight is 311 g/mol. The summed E-state index contributed by atoms with van der Waals surface area (Å²) in [6.45, 7) is 2.46. The lowest BCUT2D eigenvalue weighted by Gasteiger charge is -2.03. The van der Waals surface area contributed by atoms with E-state index in [-0.39, 0.29) is 0 Å². The predicted molar refractivity (Wildman–Crippen MR) is 82.4 cm³/mol. The van der Waals surface area contributed by atoms with Gasteiger partial charge in [-0.15, -0.1) is 11.3 Å². The molecule has 0 aliphatic rings.